The first-order chi connectivity index (χ1) is 13.5. The Kier molecular flexibility index (Phi) is 6.07. The molecule has 0 aliphatic carbocycles. The summed E-state index contributed by atoms with van der Waals surface area (Å²) >= 11 is 0. The maximum atomic E-state index is 12.8. The van der Waals surface area contributed by atoms with Crippen LogP contribution in [0.4, 0.5) is 5.69 Å². The third-order valence-electron chi connectivity index (χ3n) is 4.22. The van der Waals surface area contributed by atoms with Crippen molar-refractivity contribution in [3.63, 3.8) is 0 Å². The number of carbonyl (C=O) groups is 2. The van der Waals surface area contributed by atoms with Gasteiger partial charge in [0, 0.05) is 17.3 Å². The van der Waals surface area contributed by atoms with E-state index in [0.717, 1.165) is 12.0 Å². The van der Waals surface area contributed by atoms with Crippen molar-refractivity contribution in [1.29, 1.82) is 0 Å². The minimum absolute atomic E-state index is 0.0982. The van der Waals surface area contributed by atoms with Gasteiger partial charge in [-0.05, 0) is 55.3 Å². The number of benzene rings is 2. The van der Waals surface area contributed by atoms with E-state index in [4.69, 9.17) is 4.42 Å². The molecule has 142 valence electrons. The molecule has 3 rings (SSSR count). The van der Waals surface area contributed by atoms with Gasteiger partial charge in [0.25, 0.3) is 11.8 Å². The number of carbonyl (C=O) groups excluding carboxylic acids is 2. The molecule has 0 atom stereocenters. The molecule has 1 aromatic heterocycles. The number of amides is 2. The summed E-state index contributed by atoms with van der Waals surface area (Å²) < 4.78 is 5.29. The fraction of sp³-hybridized carbons (Fsp3) is 0.130. The Bertz CT molecular complexity index is 987. The number of hydrogen-bond acceptors (Lipinski definition) is 3. The summed E-state index contributed by atoms with van der Waals surface area (Å²) in [5, 5.41) is 5.50. The van der Waals surface area contributed by atoms with Gasteiger partial charge in [0.2, 0.25) is 0 Å². The first-order valence-electron chi connectivity index (χ1n) is 9.08. The van der Waals surface area contributed by atoms with Crippen LogP contribution in [0.15, 0.2) is 77.0 Å². The first kappa shape index (κ1) is 19.2. The Labute approximate surface area is 164 Å². The minimum Gasteiger partial charge on any atom is -0.465 e. The molecule has 2 amide bonds. The molecule has 0 aliphatic heterocycles. The highest BCUT2D eigenvalue weighted by Gasteiger charge is 2.16. The maximum absolute atomic E-state index is 12.8. The molecule has 0 spiro atoms. The lowest BCUT2D eigenvalue weighted by atomic mass is 10.1. The highest BCUT2D eigenvalue weighted by Crippen LogP contribution is 2.13. The summed E-state index contributed by atoms with van der Waals surface area (Å²) in [6, 6.07) is 18.2. The molecule has 0 radical (unpaired) electrons. The molecule has 0 bridgehead atoms. The number of nitrogens with one attached hydrogen (secondary N) is 2. The zero-order valence-electron chi connectivity index (χ0n) is 15.9. The second kappa shape index (κ2) is 8.86. The molecule has 2 aromatic carbocycles. The molecule has 0 aliphatic rings. The Balaban J connectivity index is 1.82. The topological polar surface area (TPSA) is 71.3 Å². The van der Waals surface area contributed by atoms with E-state index >= 15 is 0 Å². The van der Waals surface area contributed by atoms with Gasteiger partial charge in [0.05, 0.1) is 6.26 Å². The standard InChI is InChI=1S/C23H22N2O3/c1-3-17-9-11-19(12-10-17)24-23(27)21(15-20-8-5-13-28-20)25-22(26)18-7-4-6-16(2)14-18/h4-15H,3H2,1-2H3,(H,24,27)(H,25,26)/b21-15-. The summed E-state index contributed by atoms with van der Waals surface area (Å²) in [5.74, 6) is -0.323. The lowest BCUT2D eigenvalue weighted by Crippen LogP contribution is -2.30. The smallest absolute Gasteiger partial charge is 0.272 e. The highest BCUT2D eigenvalue weighted by molar-refractivity contribution is 6.10. The van der Waals surface area contributed by atoms with Crippen molar-refractivity contribution in [1.82, 2.24) is 5.32 Å². The van der Waals surface area contributed by atoms with Gasteiger partial charge >= 0.3 is 0 Å². The fourth-order valence-corrected chi connectivity index (χ4v) is 2.68. The Hall–Kier alpha value is -3.60. The molecule has 1 heterocycles. The van der Waals surface area contributed by atoms with Crippen LogP contribution in [0.5, 0.6) is 0 Å². The van der Waals surface area contributed by atoms with E-state index in [-0.39, 0.29) is 11.6 Å². The van der Waals surface area contributed by atoms with Gasteiger partial charge in [-0.3, -0.25) is 9.59 Å². The number of aryl methyl sites for hydroxylation is 2. The molecule has 0 saturated carbocycles. The SMILES string of the molecule is CCc1ccc(NC(=O)/C(=C/c2ccco2)NC(=O)c2cccc(C)c2)cc1. The van der Waals surface area contributed by atoms with Gasteiger partial charge in [-0.2, -0.15) is 0 Å². The monoisotopic (exact) mass is 374 g/mol. The summed E-state index contributed by atoms with van der Waals surface area (Å²) in [6.07, 6.45) is 3.93. The predicted octanol–water partition coefficient (Wildman–Crippen LogP) is 4.56. The second-order valence-electron chi connectivity index (χ2n) is 6.40. The van der Waals surface area contributed by atoms with Crippen molar-refractivity contribution in [3.8, 4) is 0 Å². The van der Waals surface area contributed by atoms with Crippen LogP contribution in [0, 0.1) is 6.92 Å². The van der Waals surface area contributed by atoms with Gasteiger partial charge < -0.3 is 15.1 Å². The molecule has 3 aromatic rings. The van der Waals surface area contributed by atoms with Gasteiger partial charge in [0.1, 0.15) is 11.5 Å². The zero-order valence-corrected chi connectivity index (χ0v) is 15.9. The molecule has 28 heavy (non-hydrogen) atoms. The van der Waals surface area contributed by atoms with Crippen molar-refractivity contribution in [2.75, 3.05) is 5.32 Å². The van der Waals surface area contributed by atoms with Crippen LogP contribution in [0.2, 0.25) is 0 Å². The number of furan rings is 1. The van der Waals surface area contributed by atoms with E-state index in [1.807, 2.05) is 37.3 Å². The maximum Gasteiger partial charge on any atom is 0.272 e. The number of rotatable bonds is 6. The summed E-state index contributed by atoms with van der Waals surface area (Å²) in [7, 11) is 0. The van der Waals surface area contributed by atoms with Gasteiger partial charge in [-0.15, -0.1) is 0 Å². The third kappa shape index (κ3) is 4.98. The van der Waals surface area contributed by atoms with Gasteiger partial charge in [0.15, 0.2) is 0 Å². The normalized spacial score (nSPS) is 11.1. The van der Waals surface area contributed by atoms with Crippen molar-refractivity contribution in [3.05, 3.63) is 95.1 Å². The molecule has 0 saturated heterocycles. The van der Waals surface area contributed by atoms with Crippen LogP contribution in [-0.4, -0.2) is 11.8 Å². The number of anilines is 1. The van der Waals surface area contributed by atoms with Crippen molar-refractivity contribution in [2.45, 2.75) is 20.3 Å². The molecular formula is C23H22N2O3. The average Bonchev–Trinajstić information content (AvgIpc) is 3.21. The Morgan fingerprint density at radius 3 is 2.46 bits per heavy atom. The minimum atomic E-state index is -0.429. The quantitative estimate of drug-likeness (QED) is 0.621. The van der Waals surface area contributed by atoms with Gasteiger partial charge in [-0.25, -0.2) is 0 Å². The van der Waals surface area contributed by atoms with Crippen LogP contribution in [0.1, 0.15) is 34.2 Å². The Morgan fingerprint density at radius 2 is 1.82 bits per heavy atom. The van der Waals surface area contributed by atoms with Crippen molar-refractivity contribution in [2.24, 2.45) is 0 Å². The Morgan fingerprint density at radius 1 is 1.04 bits per heavy atom. The van der Waals surface area contributed by atoms with Crippen LogP contribution < -0.4 is 10.6 Å². The van der Waals surface area contributed by atoms with Crippen LogP contribution >= 0.6 is 0 Å². The zero-order chi connectivity index (χ0) is 19.9. The fourth-order valence-electron chi connectivity index (χ4n) is 2.68. The first-order valence-corrected chi connectivity index (χ1v) is 9.08. The summed E-state index contributed by atoms with van der Waals surface area (Å²) in [4.78, 5) is 25.4. The molecule has 2 N–H and O–H groups in total. The predicted molar refractivity (Wildman–Crippen MR) is 110 cm³/mol. The van der Waals surface area contributed by atoms with Crippen molar-refractivity contribution < 1.29 is 14.0 Å². The summed E-state index contributed by atoms with van der Waals surface area (Å²) in [5.41, 5.74) is 3.37. The van der Waals surface area contributed by atoms with Gasteiger partial charge in [-0.1, -0.05) is 36.8 Å². The third-order valence-corrected chi connectivity index (χ3v) is 4.22. The molecule has 0 unspecified atom stereocenters. The van der Waals surface area contributed by atoms with Crippen LogP contribution in [0.25, 0.3) is 6.08 Å². The number of hydrogen-bond donors (Lipinski definition) is 2. The van der Waals surface area contributed by atoms with E-state index in [1.54, 1.807) is 30.3 Å². The lowest BCUT2D eigenvalue weighted by Gasteiger charge is -2.11. The molecular weight excluding hydrogens is 352 g/mol. The van der Waals surface area contributed by atoms with Crippen LogP contribution in [-0.2, 0) is 11.2 Å². The van der Waals surface area contributed by atoms with E-state index in [2.05, 4.69) is 17.6 Å². The molecule has 0 fully saturated rings. The van der Waals surface area contributed by atoms with Crippen LogP contribution in [0.3, 0.4) is 0 Å². The second-order valence-corrected chi connectivity index (χ2v) is 6.40. The molecule has 5 nitrogen and oxygen atoms in total. The van der Waals surface area contributed by atoms with E-state index in [9.17, 15) is 9.59 Å². The van der Waals surface area contributed by atoms with E-state index < -0.39 is 5.91 Å². The average molecular weight is 374 g/mol. The van der Waals surface area contributed by atoms with Crippen molar-refractivity contribution >= 4 is 23.6 Å². The van der Waals surface area contributed by atoms with E-state index in [1.165, 1.54) is 17.9 Å². The van der Waals surface area contributed by atoms with E-state index in [0.29, 0.717) is 17.0 Å². The highest BCUT2D eigenvalue weighted by atomic mass is 16.3. The largest absolute Gasteiger partial charge is 0.465 e. The molecule has 5 heteroatoms. The lowest BCUT2D eigenvalue weighted by molar-refractivity contribution is -0.113. The summed E-state index contributed by atoms with van der Waals surface area (Å²) in [6.45, 7) is 3.97.